The van der Waals surface area contributed by atoms with Gasteiger partial charge in [-0.25, -0.2) is 0 Å². The fourth-order valence-electron chi connectivity index (χ4n) is 4.59. The topological polar surface area (TPSA) is 56.4 Å². The van der Waals surface area contributed by atoms with E-state index in [1.165, 1.54) is 38.6 Å². The van der Waals surface area contributed by atoms with Gasteiger partial charge in [-0.1, -0.05) is 31.4 Å². The van der Waals surface area contributed by atoms with Gasteiger partial charge in [-0.15, -0.1) is 0 Å². The molecule has 5 heteroatoms. The zero-order chi connectivity index (χ0) is 18.6. The summed E-state index contributed by atoms with van der Waals surface area (Å²) in [5.41, 5.74) is 0.862. The van der Waals surface area contributed by atoms with Crippen LogP contribution in [0.25, 0.3) is 10.9 Å². The second-order valence-electron chi connectivity index (χ2n) is 8.03. The third-order valence-electron chi connectivity index (χ3n) is 6.14. The van der Waals surface area contributed by atoms with Gasteiger partial charge in [0, 0.05) is 43.3 Å². The number of nitrogens with zero attached hydrogens (tertiary/aromatic N) is 2. The number of aromatic nitrogens is 1. The summed E-state index contributed by atoms with van der Waals surface area (Å²) in [4.78, 5) is 33.2. The van der Waals surface area contributed by atoms with E-state index in [1.54, 1.807) is 12.3 Å². The van der Waals surface area contributed by atoms with Gasteiger partial charge in [0.25, 0.3) is 5.91 Å². The van der Waals surface area contributed by atoms with Crippen molar-refractivity contribution in [2.45, 2.75) is 38.5 Å². The molecule has 4 rings (SSSR count). The van der Waals surface area contributed by atoms with Crippen molar-refractivity contribution in [2.24, 2.45) is 5.92 Å². The molecule has 0 unspecified atom stereocenters. The molecule has 1 aliphatic carbocycles. The van der Waals surface area contributed by atoms with Gasteiger partial charge in [-0.3, -0.25) is 9.59 Å². The van der Waals surface area contributed by atoms with Gasteiger partial charge in [0.2, 0.25) is 5.43 Å². The molecule has 1 saturated heterocycles. The van der Waals surface area contributed by atoms with Gasteiger partial charge < -0.3 is 14.8 Å². The van der Waals surface area contributed by atoms with E-state index in [9.17, 15) is 9.59 Å². The van der Waals surface area contributed by atoms with E-state index in [0.717, 1.165) is 37.5 Å². The molecule has 1 aromatic carbocycles. The third-order valence-corrected chi connectivity index (χ3v) is 6.14. The first kappa shape index (κ1) is 18.2. The number of para-hydroxylation sites is 1. The molecular weight excluding hydrogens is 338 g/mol. The Morgan fingerprint density at radius 2 is 1.81 bits per heavy atom. The Kier molecular flexibility index (Phi) is 5.58. The van der Waals surface area contributed by atoms with Gasteiger partial charge in [0.15, 0.2) is 0 Å². The van der Waals surface area contributed by atoms with Gasteiger partial charge >= 0.3 is 0 Å². The predicted molar refractivity (Wildman–Crippen MR) is 108 cm³/mol. The summed E-state index contributed by atoms with van der Waals surface area (Å²) in [6.45, 7) is 4.56. The zero-order valence-electron chi connectivity index (χ0n) is 16.0. The fraction of sp³-hybridized carbons (Fsp3) is 0.545. The average Bonchev–Trinajstić information content (AvgIpc) is 2.94. The Morgan fingerprint density at radius 1 is 1.00 bits per heavy atom. The number of aromatic amines is 1. The molecule has 2 fully saturated rings. The molecule has 5 nitrogen and oxygen atoms in total. The summed E-state index contributed by atoms with van der Waals surface area (Å²) in [6, 6.07) is 7.36. The first-order chi connectivity index (χ1) is 13.2. The summed E-state index contributed by atoms with van der Waals surface area (Å²) in [5, 5.41) is 0.581. The van der Waals surface area contributed by atoms with E-state index in [-0.39, 0.29) is 16.9 Å². The molecule has 2 heterocycles. The molecule has 2 aromatic rings. The van der Waals surface area contributed by atoms with Gasteiger partial charge in [0.1, 0.15) is 5.56 Å². The number of H-pyrrole nitrogens is 1. The van der Waals surface area contributed by atoms with Crippen molar-refractivity contribution >= 4 is 16.8 Å². The lowest BCUT2D eigenvalue weighted by atomic mass is 9.89. The van der Waals surface area contributed by atoms with E-state index in [1.807, 2.05) is 23.1 Å². The molecule has 0 spiro atoms. The van der Waals surface area contributed by atoms with Crippen molar-refractivity contribution in [1.82, 2.24) is 14.8 Å². The summed E-state index contributed by atoms with van der Waals surface area (Å²) in [7, 11) is 0. The molecule has 0 atom stereocenters. The van der Waals surface area contributed by atoms with Crippen LogP contribution in [-0.4, -0.2) is 53.4 Å². The number of hydrogen-bond acceptors (Lipinski definition) is 3. The number of amides is 1. The Labute approximate surface area is 160 Å². The fourth-order valence-corrected chi connectivity index (χ4v) is 4.59. The number of pyridine rings is 1. The largest absolute Gasteiger partial charge is 0.360 e. The van der Waals surface area contributed by atoms with Crippen LogP contribution in [0.3, 0.4) is 0 Å². The number of carbonyl (C=O) groups excluding carboxylic acids is 1. The van der Waals surface area contributed by atoms with Crippen molar-refractivity contribution in [1.29, 1.82) is 0 Å². The van der Waals surface area contributed by atoms with Crippen LogP contribution in [0.4, 0.5) is 0 Å². The lowest BCUT2D eigenvalue weighted by molar-refractivity contribution is 0.0758. The van der Waals surface area contributed by atoms with E-state index >= 15 is 0 Å². The Balaban J connectivity index is 1.44. The van der Waals surface area contributed by atoms with Crippen LogP contribution in [0.5, 0.6) is 0 Å². The molecule has 1 amide bonds. The summed E-state index contributed by atoms with van der Waals surface area (Å²) in [6.07, 6.45) is 9.39. The van der Waals surface area contributed by atoms with Crippen LogP contribution in [0.15, 0.2) is 35.3 Å². The summed E-state index contributed by atoms with van der Waals surface area (Å²) in [5.74, 6) is 0.686. The second kappa shape index (κ2) is 8.26. The minimum atomic E-state index is -0.169. The minimum Gasteiger partial charge on any atom is -0.360 e. The zero-order valence-corrected chi connectivity index (χ0v) is 16.0. The van der Waals surface area contributed by atoms with Crippen LogP contribution >= 0.6 is 0 Å². The predicted octanol–water partition coefficient (Wildman–Crippen LogP) is 3.26. The number of fused-ring (bicyclic) bond motifs is 1. The van der Waals surface area contributed by atoms with Gasteiger partial charge in [-0.2, -0.15) is 0 Å². The van der Waals surface area contributed by atoms with Crippen molar-refractivity contribution < 1.29 is 4.79 Å². The molecule has 0 radical (unpaired) electrons. The third kappa shape index (κ3) is 4.08. The average molecular weight is 367 g/mol. The van der Waals surface area contributed by atoms with Crippen molar-refractivity contribution in [3.63, 3.8) is 0 Å². The number of hydrogen-bond donors (Lipinski definition) is 1. The standard InChI is InChI=1S/C22H29N3O2/c26-21-18-9-4-5-10-20(18)23-15-19(21)22(27)25-12-6-11-24(13-14-25)16-17-7-2-1-3-8-17/h4-5,9-10,15,17H,1-3,6-8,11-14,16H2,(H,23,26). The van der Waals surface area contributed by atoms with Crippen molar-refractivity contribution in [3.8, 4) is 0 Å². The smallest absolute Gasteiger partial charge is 0.259 e. The summed E-state index contributed by atoms with van der Waals surface area (Å²) >= 11 is 0. The normalized spacial score (nSPS) is 19.9. The number of carbonyl (C=O) groups is 1. The molecule has 1 saturated carbocycles. The van der Waals surface area contributed by atoms with Gasteiger partial charge in [0.05, 0.1) is 0 Å². The van der Waals surface area contributed by atoms with Crippen LogP contribution in [0.1, 0.15) is 48.9 Å². The molecular formula is C22H29N3O2. The highest BCUT2D eigenvalue weighted by Crippen LogP contribution is 2.24. The van der Waals surface area contributed by atoms with E-state index < -0.39 is 0 Å². The van der Waals surface area contributed by atoms with Crippen LogP contribution in [0.2, 0.25) is 0 Å². The maximum absolute atomic E-state index is 13.0. The van der Waals surface area contributed by atoms with Crippen molar-refractivity contribution in [3.05, 3.63) is 46.2 Å². The number of benzene rings is 1. The molecule has 0 bridgehead atoms. The van der Waals surface area contributed by atoms with E-state index in [2.05, 4.69) is 9.88 Å². The van der Waals surface area contributed by atoms with E-state index in [4.69, 9.17) is 0 Å². The van der Waals surface area contributed by atoms with Crippen LogP contribution < -0.4 is 5.43 Å². The monoisotopic (exact) mass is 367 g/mol. The highest BCUT2D eigenvalue weighted by Gasteiger charge is 2.24. The Morgan fingerprint density at radius 3 is 2.67 bits per heavy atom. The second-order valence-corrected chi connectivity index (χ2v) is 8.03. The SMILES string of the molecule is O=C(c1c[nH]c2ccccc2c1=O)N1CCCN(CC2CCCCC2)CC1. The molecule has 1 aliphatic heterocycles. The van der Waals surface area contributed by atoms with Crippen LogP contribution in [-0.2, 0) is 0 Å². The first-order valence-corrected chi connectivity index (χ1v) is 10.3. The molecule has 2 aliphatic rings. The van der Waals surface area contributed by atoms with Gasteiger partial charge in [-0.05, 0) is 43.9 Å². The highest BCUT2D eigenvalue weighted by molar-refractivity contribution is 5.97. The van der Waals surface area contributed by atoms with Crippen molar-refractivity contribution in [2.75, 3.05) is 32.7 Å². The Hall–Kier alpha value is -2.14. The maximum atomic E-state index is 13.0. The summed E-state index contributed by atoms with van der Waals surface area (Å²) < 4.78 is 0. The van der Waals surface area contributed by atoms with E-state index in [0.29, 0.717) is 11.9 Å². The maximum Gasteiger partial charge on any atom is 0.259 e. The molecule has 27 heavy (non-hydrogen) atoms. The lowest BCUT2D eigenvalue weighted by Gasteiger charge is -2.28. The van der Waals surface area contributed by atoms with Crippen LogP contribution in [0, 0.1) is 5.92 Å². The Bertz CT molecular complexity index is 854. The minimum absolute atomic E-state index is 0.137. The lowest BCUT2D eigenvalue weighted by Crippen LogP contribution is -2.38. The molecule has 1 aromatic heterocycles. The first-order valence-electron chi connectivity index (χ1n) is 10.3. The quantitative estimate of drug-likeness (QED) is 0.906. The molecule has 144 valence electrons. The number of rotatable bonds is 3. The molecule has 1 N–H and O–H groups in total. The highest BCUT2D eigenvalue weighted by atomic mass is 16.2. The number of nitrogens with one attached hydrogen (secondary N) is 1.